The Kier molecular flexibility index (Phi) is 4.27. The van der Waals surface area contributed by atoms with E-state index in [1.165, 1.54) is 6.42 Å². The van der Waals surface area contributed by atoms with Crippen LogP contribution >= 0.6 is 11.6 Å². The number of piperidine rings is 1. The van der Waals surface area contributed by atoms with Gasteiger partial charge in [0, 0.05) is 18.1 Å². The number of hydrogen-bond donors (Lipinski definition) is 0. The number of halogens is 1. The third kappa shape index (κ3) is 3.04. The van der Waals surface area contributed by atoms with E-state index in [-0.39, 0.29) is 6.04 Å². The van der Waals surface area contributed by atoms with Crippen LogP contribution < -0.4 is 0 Å². The molecule has 1 aliphatic rings. The van der Waals surface area contributed by atoms with Crippen molar-refractivity contribution in [1.82, 2.24) is 4.90 Å². The number of rotatable bonds is 2. The van der Waals surface area contributed by atoms with Gasteiger partial charge in [-0.2, -0.15) is 5.26 Å². The highest BCUT2D eigenvalue weighted by atomic mass is 35.5. The maximum Gasteiger partial charge on any atom is 0.123 e. The molecule has 1 saturated heterocycles. The van der Waals surface area contributed by atoms with Crippen molar-refractivity contribution in [1.29, 1.82) is 5.26 Å². The topological polar surface area (TPSA) is 27.0 Å². The van der Waals surface area contributed by atoms with E-state index in [4.69, 9.17) is 11.6 Å². The summed E-state index contributed by atoms with van der Waals surface area (Å²) < 4.78 is 0. The minimum atomic E-state index is -0.146. The lowest BCUT2D eigenvalue weighted by Crippen LogP contribution is -2.40. The summed E-state index contributed by atoms with van der Waals surface area (Å²) in [6, 6.07) is 9.92. The number of benzene rings is 1. The number of nitriles is 1. The first-order chi connectivity index (χ1) is 8.60. The Morgan fingerprint density at radius 2 is 1.78 bits per heavy atom. The van der Waals surface area contributed by atoms with E-state index in [0.717, 1.165) is 23.7 Å². The molecule has 1 aromatic carbocycles. The average molecular weight is 263 g/mol. The van der Waals surface area contributed by atoms with Crippen molar-refractivity contribution in [2.24, 2.45) is 11.8 Å². The lowest BCUT2D eigenvalue weighted by molar-refractivity contribution is 0.117. The minimum absolute atomic E-state index is 0.146. The largest absolute Gasteiger partial charge is 0.284 e. The van der Waals surface area contributed by atoms with Gasteiger partial charge >= 0.3 is 0 Å². The van der Waals surface area contributed by atoms with Crippen molar-refractivity contribution < 1.29 is 0 Å². The second-order valence-electron chi connectivity index (χ2n) is 5.48. The Labute approximate surface area is 114 Å². The maximum absolute atomic E-state index is 9.45. The molecule has 2 rings (SSSR count). The minimum Gasteiger partial charge on any atom is -0.284 e. The number of nitrogens with zero attached hydrogens (tertiary/aromatic N) is 2. The van der Waals surface area contributed by atoms with Gasteiger partial charge in [-0.25, -0.2) is 0 Å². The van der Waals surface area contributed by atoms with Crippen LogP contribution in [0.5, 0.6) is 0 Å². The highest BCUT2D eigenvalue weighted by molar-refractivity contribution is 6.30. The van der Waals surface area contributed by atoms with E-state index in [0.29, 0.717) is 11.8 Å². The molecule has 96 valence electrons. The van der Waals surface area contributed by atoms with Crippen LogP contribution in [0.4, 0.5) is 0 Å². The van der Waals surface area contributed by atoms with E-state index in [2.05, 4.69) is 24.8 Å². The normalized spacial score (nSPS) is 26.6. The summed E-state index contributed by atoms with van der Waals surface area (Å²) in [5.74, 6) is 1.33. The van der Waals surface area contributed by atoms with Crippen molar-refractivity contribution >= 4 is 11.6 Å². The monoisotopic (exact) mass is 262 g/mol. The fourth-order valence-corrected chi connectivity index (χ4v) is 3.06. The third-order valence-electron chi connectivity index (χ3n) is 3.57. The lowest BCUT2D eigenvalue weighted by atomic mass is 9.90. The summed E-state index contributed by atoms with van der Waals surface area (Å²) in [5.41, 5.74) is 1.04. The molecule has 0 bridgehead atoms. The zero-order valence-corrected chi connectivity index (χ0v) is 11.7. The van der Waals surface area contributed by atoms with Gasteiger partial charge in [-0.05, 0) is 36.0 Å². The van der Waals surface area contributed by atoms with Gasteiger partial charge < -0.3 is 0 Å². The van der Waals surface area contributed by atoms with E-state index in [1.807, 2.05) is 24.3 Å². The van der Waals surface area contributed by atoms with E-state index in [1.54, 1.807) is 0 Å². The summed E-state index contributed by atoms with van der Waals surface area (Å²) in [4.78, 5) is 2.29. The standard InChI is InChI=1S/C15H19ClN2/c1-11-7-12(2)10-18(9-11)15(8-17)13-3-5-14(16)6-4-13/h3-6,11-12,15H,7,9-10H2,1-2H3. The summed E-state index contributed by atoms with van der Waals surface area (Å²) in [6.07, 6.45) is 1.26. The van der Waals surface area contributed by atoms with Crippen LogP contribution in [0.3, 0.4) is 0 Å². The van der Waals surface area contributed by atoms with Crippen molar-refractivity contribution in [3.63, 3.8) is 0 Å². The predicted octanol–water partition coefficient (Wildman–Crippen LogP) is 3.88. The molecule has 2 nitrogen and oxygen atoms in total. The summed E-state index contributed by atoms with van der Waals surface area (Å²) in [5, 5.41) is 10.2. The molecule has 0 amide bonds. The number of hydrogen-bond acceptors (Lipinski definition) is 2. The Morgan fingerprint density at radius 3 is 2.28 bits per heavy atom. The van der Waals surface area contributed by atoms with E-state index >= 15 is 0 Å². The molecule has 1 aromatic rings. The zero-order chi connectivity index (χ0) is 13.1. The van der Waals surface area contributed by atoms with Crippen LogP contribution in [0, 0.1) is 23.2 Å². The van der Waals surface area contributed by atoms with Gasteiger partial charge in [0.25, 0.3) is 0 Å². The molecule has 0 aliphatic carbocycles. The fraction of sp³-hybridized carbons (Fsp3) is 0.533. The quantitative estimate of drug-likeness (QED) is 0.809. The van der Waals surface area contributed by atoms with Crippen LogP contribution in [0.1, 0.15) is 31.9 Å². The average Bonchev–Trinajstić information content (AvgIpc) is 2.31. The highest BCUT2D eigenvalue weighted by Gasteiger charge is 2.28. The van der Waals surface area contributed by atoms with Gasteiger partial charge in [0.1, 0.15) is 6.04 Å². The molecule has 0 radical (unpaired) electrons. The summed E-state index contributed by atoms with van der Waals surface area (Å²) in [7, 11) is 0. The second kappa shape index (κ2) is 5.73. The number of likely N-dealkylation sites (tertiary alicyclic amines) is 1. The molecule has 0 N–H and O–H groups in total. The molecule has 3 unspecified atom stereocenters. The van der Waals surface area contributed by atoms with Gasteiger partial charge in [0.15, 0.2) is 0 Å². The first-order valence-corrected chi connectivity index (χ1v) is 6.87. The van der Waals surface area contributed by atoms with E-state index in [9.17, 15) is 5.26 Å². The molecule has 0 aromatic heterocycles. The molecule has 3 heteroatoms. The van der Waals surface area contributed by atoms with Crippen LogP contribution in [0.25, 0.3) is 0 Å². The molecule has 0 saturated carbocycles. The Bertz CT molecular complexity index is 425. The molecule has 1 aliphatic heterocycles. The van der Waals surface area contributed by atoms with Gasteiger partial charge in [-0.3, -0.25) is 4.90 Å². The third-order valence-corrected chi connectivity index (χ3v) is 3.82. The zero-order valence-electron chi connectivity index (χ0n) is 10.9. The smallest absolute Gasteiger partial charge is 0.123 e. The molecule has 3 atom stereocenters. The van der Waals surface area contributed by atoms with Crippen LogP contribution in [0.15, 0.2) is 24.3 Å². The van der Waals surface area contributed by atoms with Crippen molar-refractivity contribution in [2.75, 3.05) is 13.1 Å². The Hall–Kier alpha value is -1.04. The van der Waals surface area contributed by atoms with Crippen molar-refractivity contribution in [3.05, 3.63) is 34.9 Å². The van der Waals surface area contributed by atoms with Crippen molar-refractivity contribution in [2.45, 2.75) is 26.3 Å². The van der Waals surface area contributed by atoms with Gasteiger partial charge in [0.05, 0.1) is 6.07 Å². The summed E-state index contributed by atoms with van der Waals surface area (Å²) >= 11 is 5.90. The Morgan fingerprint density at radius 1 is 1.22 bits per heavy atom. The second-order valence-corrected chi connectivity index (χ2v) is 5.92. The first-order valence-electron chi connectivity index (χ1n) is 6.49. The van der Waals surface area contributed by atoms with Crippen molar-refractivity contribution in [3.8, 4) is 6.07 Å². The van der Waals surface area contributed by atoms with Gasteiger partial charge in [-0.1, -0.05) is 37.6 Å². The van der Waals surface area contributed by atoms with Crippen LogP contribution in [0.2, 0.25) is 5.02 Å². The first kappa shape index (κ1) is 13.4. The molecule has 0 spiro atoms. The fourth-order valence-electron chi connectivity index (χ4n) is 2.93. The summed E-state index contributed by atoms with van der Waals surface area (Å²) in [6.45, 7) is 6.54. The molecule has 18 heavy (non-hydrogen) atoms. The molecule has 1 fully saturated rings. The Balaban J connectivity index is 2.18. The molecular formula is C15H19ClN2. The lowest BCUT2D eigenvalue weighted by Gasteiger charge is -2.37. The van der Waals surface area contributed by atoms with E-state index < -0.39 is 0 Å². The maximum atomic E-state index is 9.45. The SMILES string of the molecule is CC1CC(C)CN(C(C#N)c2ccc(Cl)cc2)C1. The van der Waals surface area contributed by atoms with Gasteiger partial charge in [-0.15, -0.1) is 0 Å². The molecular weight excluding hydrogens is 244 g/mol. The van der Waals surface area contributed by atoms with Crippen LogP contribution in [-0.4, -0.2) is 18.0 Å². The molecule has 1 heterocycles. The van der Waals surface area contributed by atoms with Crippen LogP contribution in [-0.2, 0) is 0 Å². The van der Waals surface area contributed by atoms with Gasteiger partial charge in [0.2, 0.25) is 0 Å². The predicted molar refractivity (Wildman–Crippen MR) is 74.3 cm³/mol. The highest BCUT2D eigenvalue weighted by Crippen LogP contribution is 2.29.